The van der Waals surface area contributed by atoms with Gasteiger partial charge in [0.25, 0.3) is 5.56 Å². The fraction of sp³-hybridized carbons (Fsp3) is 0.667. The van der Waals surface area contributed by atoms with Crippen molar-refractivity contribution in [3.63, 3.8) is 0 Å². The molecule has 0 saturated carbocycles. The zero-order chi connectivity index (χ0) is 20.3. The molecule has 2 aromatic rings. The molecule has 1 unspecified atom stereocenters. The highest BCUT2D eigenvalue weighted by Crippen LogP contribution is 2.41. The Hall–Kier alpha value is -1.73. The van der Waals surface area contributed by atoms with Crippen LogP contribution in [0.25, 0.3) is 10.2 Å². The number of hydrogen-bond donors (Lipinski definition) is 1. The molecule has 3 rings (SSSR count). The maximum atomic E-state index is 13.0. The van der Waals surface area contributed by atoms with Gasteiger partial charge in [0, 0.05) is 38.1 Å². The SMILES string of the molecule is COCCCNC(=O)CCn1cnc2sc3c(c2c1=O)CCC(C(C)(C)C)C3. The van der Waals surface area contributed by atoms with Gasteiger partial charge in [-0.3, -0.25) is 14.2 Å². The van der Waals surface area contributed by atoms with E-state index < -0.39 is 0 Å². The minimum Gasteiger partial charge on any atom is -0.385 e. The first kappa shape index (κ1) is 21.0. The molecule has 0 fully saturated rings. The quantitative estimate of drug-likeness (QED) is 0.718. The predicted molar refractivity (Wildman–Crippen MR) is 113 cm³/mol. The summed E-state index contributed by atoms with van der Waals surface area (Å²) < 4.78 is 6.55. The van der Waals surface area contributed by atoms with E-state index in [1.807, 2.05) is 0 Å². The van der Waals surface area contributed by atoms with E-state index >= 15 is 0 Å². The summed E-state index contributed by atoms with van der Waals surface area (Å²) in [5, 5.41) is 3.63. The van der Waals surface area contributed by atoms with Crippen molar-refractivity contribution in [1.29, 1.82) is 0 Å². The fourth-order valence-electron chi connectivity index (χ4n) is 3.85. The van der Waals surface area contributed by atoms with E-state index in [9.17, 15) is 9.59 Å². The minimum absolute atomic E-state index is 0.0103. The molecule has 0 radical (unpaired) electrons. The Morgan fingerprint density at radius 3 is 2.93 bits per heavy atom. The van der Waals surface area contributed by atoms with Crippen molar-refractivity contribution in [1.82, 2.24) is 14.9 Å². The lowest BCUT2D eigenvalue weighted by molar-refractivity contribution is -0.121. The van der Waals surface area contributed by atoms with Crippen LogP contribution in [0.3, 0.4) is 0 Å². The molecule has 1 aliphatic carbocycles. The topological polar surface area (TPSA) is 73.2 Å². The van der Waals surface area contributed by atoms with E-state index in [1.54, 1.807) is 29.3 Å². The first-order valence-electron chi connectivity index (χ1n) is 10.1. The Labute approximate surface area is 170 Å². The lowest BCUT2D eigenvalue weighted by Gasteiger charge is -2.33. The Bertz CT molecular complexity index is 895. The number of hydrogen-bond acceptors (Lipinski definition) is 5. The van der Waals surface area contributed by atoms with Gasteiger partial charge in [-0.05, 0) is 42.6 Å². The van der Waals surface area contributed by atoms with Crippen molar-refractivity contribution in [3.05, 3.63) is 27.1 Å². The van der Waals surface area contributed by atoms with Crippen molar-refractivity contribution in [2.45, 2.75) is 59.4 Å². The van der Waals surface area contributed by atoms with Crippen LogP contribution in [0.4, 0.5) is 0 Å². The number of amides is 1. The smallest absolute Gasteiger partial charge is 0.262 e. The summed E-state index contributed by atoms with van der Waals surface area (Å²) in [6.07, 6.45) is 5.73. The molecule has 1 N–H and O–H groups in total. The summed E-state index contributed by atoms with van der Waals surface area (Å²) in [7, 11) is 1.64. The Morgan fingerprint density at radius 1 is 1.43 bits per heavy atom. The number of methoxy groups -OCH3 is 1. The Morgan fingerprint density at radius 2 is 2.21 bits per heavy atom. The molecule has 1 atom stereocenters. The van der Waals surface area contributed by atoms with Crippen LogP contribution in [0.2, 0.25) is 0 Å². The van der Waals surface area contributed by atoms with Gasteiger partial charge in [0.15, 0.2) is 0 Å². The predicted octanol–water partition coefficient (Wildman–Crippen LogP) is 3.15. The number of aromatic nitrogens is 2. The second-order valence-electron chi connectivity index (χ2n) is 8.68. The zero-order valence-corrected chi connectivity index (χ0v) is 18.2. The molecule has 0 aliphatic heterocycles. The van der Waals surface area contributed by atoms with E-state index in [2.05, 4.69) is 31.1 Å². The first-order chi connectivity index (χ1) is 13.3. The molecule has 0 spiro atoms. The number of thiophene rings is 1. The van der Waals surface area contributed by atoms with Crippen LogP contribution in [0.5, 0.6) is 0 Å². The zero-order valence-electron chi connectivity index (χ0n) is 17.3. The second-order valence-corrected chi connectivity index (χ2v) is 9.76. The third-order valence-electron chi connectivity index (χ3n) is 5.69. The van der Waals surface area contributed by atoms with Gasteiger partial charge < -0.3 is 10.1 Å². The fourth-order valence-corrected chi connectivity index (χ4v) is 5.11. The van der Waals surface area contributed by atoms with Crippen LogP contribution in [0.15, 0.2) is 11.1 Å². The maximum Gasteiger partial charge on any atom is 0.262 e. The largest absolute Gasteiger partial charge is 0.385 e. The first-order valence-corrected chi connectivity index (χ1v) is 10.9. The van der Waals surface area contributed by atoms with E-state index in [1.165, 1.54) is 10.4 Å². The summed E-state index contributed by atoms with van der Waals surface area (Å²) in [6.45, 7) is 8.45. The standard InChI is InChI=1S/C21H31N3O3S/c1-21(2,3)14-6-7-15-16(12-14)28-19-18(15)20(26)24(13-23-19)10-8-17(25)22-9-5-11-27-4/h13-14H,5-12H2,1-4H3,(H,22,25). The van der Waals surface area contributed by atoms with Gasteiger partial charge in [-0.15, -0.1) is 11.3 Å². The van der Waals surface area contributed by atoms with Crippen molar-refractivity contribution in [2.75, 3.05) is 20.3 Å². The van der Waals surface area contributed by atoms with Gasteiger partial charge in [0.1, 0.15) is 4.83 Å². The summed E-state index contributed by atoms with van der Waals surface area (Å²) in [5.74, 6) is 0.584. The van der Waals surface area contributed by atoms with E-state index in [-0.39, 0.29) is 23.3 Å². The minimum atomic E-state index is -0.0523. The summed E-state index contributed by atoms with van der Waals surface area (Å²) in [4.78, 5) is 31.7. The number of nitrogens with one attached hydrogen (secondary N) is 1. The van der Waals surface area contributed by atoms with Crippen LogP contribution >= 0.6 is 11.3 Å². The van der Waals surface area contributed by atoms with Crippen molar-refractivity contribution in [3.8, 4) is 0 Å². The molecular formula is C21H31N3O3S. The summed E-state index contributed by atoms with van der Waals surface area (Å²) >= 11 is 1.67. The number of nitrogens with zero attached hydrogens (tertiary/aromatic N) is 2. The Kier molecular flexibility index (Phi) is 6.55. The van der Waals surface area contributed by atoms with Crippen LogP contribution in [0.1, 0.15) is 50.5 Å². The van der Waals surface area contributed by atoms with Crippen molar-refractivity contribution >= 4 is 27.5 Å². The Balaban J connectivity index is 1.72. The van der Waals surface area contributed by atoms with E-state index in [4.69, 9.17) is 4.74 Å². The number of carbonyl (C=O) groups excluding carboxylic acids is 1. The molecule has 0 aromatic carbocycles. The van der Waals surface area contributed by atoms with Crippen LogP contribution < -0.4 is 10.9 Å². The molecule has 2 heterocycles. The highest BCUT2D eigenvalue weighted by molar-refractivity contribution is 7.18. The third-order valence-corrected chi connectivity index (χ3v) is 6.85. The van der Waals surface area contributed by atoms with Gasteiger partial charge in [-0.25, -0.2) is 4.98 Å². The number of ether oxygens (including phenoxy) is 1. The van der Waals surface area contributed by atoms with Gasteiger partial charge >= 0.3 is 0 Å². The highest BCUT2D eigenvalue weighted by Gasteiger charge is 2.31. The molecule has 7 heteroatoms. The maximum absolute atomic E-state index is 13.0. The van der Waals surface area contributed by atoms with Crippen molar-refractivity contribution in [2.24, 2.45) is 11.3 Å². The molecule has 0 bridgehead atoms. The lowest BCUT2D eigenvalue weighted by Crippen LogP contribution is -2.29. The van der Waals surface area contributed by atoms with Crippen LogP contribution in [-0.2, 0) is 28.9 Å². The summed E-state index contributed by atoms with van der Waals surface area (Å²) in [5.41, 5.74) is 1.46. The van der Waals surface area contributed by atoms with Crippen LogP contribution in [-0.4, -0.2) is 35.7 Å². The average Bonchev–Trinajstić information content (AvgIpc) is 3.02. The monoisotopic (exact) mass is 405 g/mol. The number of fused-ring (bicyclic) bond motifs is 3. The second kappa shape index (κ2) is 8.74. The van der Waals surface area contributed by atoms with Gasteiger partial charge in [0.2, 0.25) is 5.91 Å². The average molecular weight is 406 g/mol. The molecule has 2 aromatic heterocycles. The molecule has 0 saturated heterocycles. The number of rotatable bonds is 7. The van der Waals surface area contributed by atoms with Gasteiger partial charge in [-0.2, -0.15) is 0 Å². The third kappa shape index (κ3) is 4.63. The molecule has 1 amide bonds. The molecule has 6 nitrogen and oxygen atoms in total. The van der Waals surface area contributed by atoms with Crippen molar-refractivity contribution < 1.29 is 9.53 Å². The molecule has 154 valence electrons. The summed E-state index contributed by atoms with van der Waals surface area (Å²) in [6, 6.07) is 0. The highest BCUT2D eigenvalue weighted by atomic mass is 32.1. The molecular weight excluding hydrogens is 374 g/mol. The van der Waals surface area contributed by atoms with Gasteiger partial charge in [0.05, 0.1) is 11.7 Å². The van der Waals surface area contributed by atoms with E-state index in [0.29, 0.717) is 25.6 Å². The number of carbonyl (C=O) groups is 1. The number of aryl methyl sites for hydroxylation is 2. The van der Waals surface area contributed by atoms with Crippen LogP contribution in [0, 0.1) is 11.3 Å². The molecule has 1 aliphatic rings. The van der Waals surface area contributed by atoms with Gasteiger partial charge in [-0.1, -0.05) is 20.8 Å². The lowest BCUT2D eigenvalue weighted by atomic mass is 9.72. The molecule has 28 heavy (non-hydrogen) atoms. The normalized spacial score (nSPS) is 16.9. The van der Waals surface area contributed by atoms with E-state index in [0.717, 1.165) is 35.9 Å².